The Labute approximate surface area is 710 Å². The first kappa shape index (κ1) is 85.0. The van der Waals surface area contributed by atoms with Gasteiger partial charge in [-0.3, -0.25) is 19.9 Å². The zero-order valence-electron chi connectivity index (χ0n) is 78.9. The predicted molar refractivity (Wildman–Crippen MR) is 512 cm³/mol. The average molecular weight is 1570 g/mol. The highest BCUT2D eigenvalue weighted by Crippen LogP contribution is 2.57. The van der Waals surface area contributed by atoms with Crippen molar-refractivity contribution in [3.8, 4) is 50.5 Å². The molecular formula is C110H136BN7. The molecule has 0 saturated carbocycles. The summed E-state index contributed by atoms with van der Waals surface area (Å²) in [5, 5.41) is 2.50. The van der Waals surface area contributed by atoms with Gasteiger partial charge in [0.15, 0.2) is 0 Å². The molecule has 0 fully saturated rings. The molecule has 14 rings (SSSR count). The van der Waals surface area contributed by atoms with Gasteiger partial charge in [-0.05, 0) is 221 Å². The predicted octanol–water partition coefficient (Wildman–Crippen LogP) is 28.7. The molecule has 0 aliphatic carbocycles. The Bertz CT molecular complexity index is 5690. The van der Waals surface area contributed by atoms with Gasteiger partial charge in [0.05, 0.1) is 33.8 Å². The Kier molecular flexibility index (Phi) is 20.3. The van der Waals surface area contributed by atoms with Crippen molar-refractivity contribution >= 4 is 79.0 Å². The van der Waals surface area contributed by atoms with Crippen LogP contribution in [-0.2, 0) is 65.0 Å². The van der Waals surface area contributed by atoms with Crippen molar-refractivity contribution in [2.45, 2.75) is 314 Å². The van der Waals surface area contributed by atoms with Gasteiger partial charge in [0.2, 0.25) is 0 Å². The van der Waals surface area contributed by atoms with Crippen molar-refractivity contribution in [2.75, 3.05) is 9.80 Å². The minimum atomic E-state index is -0.394. The highest BCUT2D eigenvalue weighted by Gasteiger charge is 2.48. The third kappa shape index (κ3) is 15.8. The molecule has 0 unspecified atom stereocenters. The lowest BCUT2D eigenvalue weighted by molar-refractivity contribution is 0.531. The molecule has 0 spiro atoms. The van der Waals surface area contributed by atoms with E-state index in [4.69, 9.17) is 19.9 Å². The lowest BCUT2D eigenvalue weighted by Crippen LogP contribution is -2.61. The molecule has 0 bridgehead atoms. The van der Waals surface area contributed by atoms with E-state index < -0.39 is 5.41 Å². The van der Waals surface area contributed by atoms with Gasteiger partial charge in [-0.1, -0.05) is 292 Å². The smallest absolute Gasteiger partial charge is 0.252 e. The van der Waals surface area contributed by atoms with Crippen LogP contribution in [0.3, 0.4) is 0 Å². The molecule has 0 amide bonds. The SMILES string of the molecule is CC(C)(C)c1ccc2c(c1)B1c3ccc(-n4c5ccc(C(C)(C)C)cc5c5cc(C(C)(C)C)ccc54)cc3N(c3c(-c4cccc(C(C)(C)C)n4)cc(C(C)(C)C)cc3-c3cccc(C(C)(C)C)n3)c3cc(C(C)(C)C)cc(c31)N2c1c(-c2cc(C(C)(C)C)nc(C(C)(C)C)c2)cc(C(C)(C)C)cc1-c1cc(C(C)(C)C)nc(C(C)(C)C)c1. The Morgan fingerprint density at radius 2 is 0.568 bits per heavy atom. The normalized spacial score (nSPS) is 14.2. The molecule has 7 aromatic carbocycles. The monoisotopic (exact) mass is 1570 g/mol. The number of fused-ring (bicyclic) bond motifs is 7. The number of pyridine rings is 4. The van der Waals surface area contributed by atoms with Gasteiger partial charge in [-0.2, -0.15) is 0 Å². The summed E-state index contributed by atoms with van der Waals surface area (Å²) in [6, 6.07) is 68.2. The van der Waals surface area contributed by atoms with E-state index in [1.54, 1.807) is 0 Å². The highest BCUT2D eigenvalue weighted by atomic mass is 15.2. The van der Waals surface area contributed by atoms with Gasteiger partial charge in [0.1, 0.15) is 0 Å². The molecule has 5 aromatic heterocycles. The number of aromatic nitrogens is 5. The Morgan fingerprint density at radius 1 is 0.237 bits per heavy atom. The van der Waals surface area contributed by atoms with E-state index in [0.717, 1.165) is 119 Å². The average Bonchev–Trinajstić information content (AvgIpc) is 0.707. The highest BCUT2D eigenvalue weighted by molar-refractivity contribution is 7.00. The van der Waals surface area contributed by atoms with E-state index in [-0.39, 0.29) is 66.3 Å². The third-order valence-electron chi connectivity index (χ3n) is 24.9. The number of anilines is 6. The molecule has 7 heterocycles. The summed E-state index contributed by atoms with van der Waals surface area (Å²) in [6.45, 7) is 84.0. The Morgan fingerprint density at radius 3 is 0.932 bits per heavy atom. The lowest BCUT2D eigenvalue weighted by atomic mass is 9.33. The quantitative estimate of drug-likeness (QED) is 0.148. The summed E-state index contributed by atoms with van der Waals surface area (Å²) in [4.78, 5) is 28.7. The summed E-state index contributed by atoms with van der Waals surface area (Å²) < 4.78 is 2.57. The van der Waals surface area contributed by atoms with Gasteiger partial charge in [-0.15, -0.1) is 0 Å². The van der Waals surface area contributed by atoms with Gasteiger partial charge in [0.25, 0.3) is 6.71 Å². The van der Waals surface area contributed by atoms with E-state index >= 15 is 0 Å². The van der Waals surface area contributed by atoms with Crippen LogP contribution in [-0.4, -0.2) is 31.2 Å². The van der Waals surface area contributed by atoms with Crippen LogP contribution < -0.4 is 26.2 Å². The fourth-order valence-corrected chi connectivity index (χ4v) is 17.1. The van der Waals surface area contributed by atoms with Crippen LogP contribution in [0.15, 0.2) is 170 Å². The first-order valence-corrected chi connectivity index (χ1v) is 43.6. The maximum Gasteiger partial charge on any atom is 0.252 e. The van der Waals surface area contributed by atoms with Crippen molar-refractivity contribution in [2.24, 2.45) is 0 Å². The Hall–Kier alpha value is -9.40. The zero-order valence-corrected chi connectivity index (χ0v) is 78.9. The van der Waals surface area contributed by atoms with Crippen molar-refractivity contribution in [3.63, 3.8) is 0 Å². The molecule has 2 aliphatic rings. The first-order chi connectivity index (χ1) is 54.1. The summed E-state index contributed by atoms with van der Waals surface area (Å²) in [7, 11) is 0. The van der Waals surface area contributed by atoms with Gasteiger partial charge >= 0.3 is 0 Å². The van der Waals surface area contributed by atoms with Crippen molar-refractivity contribution in [1.29, 1.82) is 0 Å². The number of rotatable bonds is 7. The number of hydrogen-bond acceptors (Lipinski definition) is 6. The van der Waals surface area contributed by atoms with Crippen LogP contribution in [0.25, 0.3) is 72.3 Å². The molecular weight excluding hydrogens is 1430 g/mol. The maximum absolute atomic E-state index is 5.92. The molecule has 0 N–H and O–H groups in total. The lowest BCUT2D eigenvalue weighted by Gasteiger charge is -2.47. The summed E-state index contributed by atoms with van der Waals surface area (Å²) >= 11 is 0. The maximum atomic E-state index is 5.92. The fourth-order valence-electron chi connectivity index (χ4n) is 17.1. The second-order valence-electron chi connectivity index (χ2n) is 47.3. The zero-order chi connectivity index (χ0) is 86.6. The molecule has 7 nitrogen and oxygen atoms in total. The second kappa shape index (κ2) is 28.1. The van der Waals surface area contributed by atoms with Gasteiger partial charge < -0.3 is 14.4 Å². The van der Waals surface area contributed by atoms with Crippen LogP contribution in [0.4, 0.5) is 34.1 Å². The molecule has 0 saturated heterocycles. The standard InChI is InChI=1S/C110H136BN7/c1-99(2,3)67-43-48-84-76(55-67)77-56-68(100(4,5)6)44-49-85(77)116(84)73-46-47-80-87(64-73)118(98-78(82-39-37-41-90(112-82)105(19,20)21)59-71(103(13,14)15)60-79(98)83-40-38-42-91(113-83)106(22,23)24)89-63-72(104(16,17)18)62-88-96(89)111(80)81-61-69(101(7,8)9)45-50-86(81)117(88)97-74(65-51-92(107(25,26)27)114-93(52-65)108(28,29)30)57-70(102(10,11)12)58-75(97)66-53-94(109(31,32)33)115-95(54-66)110(34,35)36/h37-64H,1-36H3. The topological polar surface area (TPSA) is 63.0 Å². The molecule has 0 atom stereocenters. The fraction of sp³-hybridized carbons (Fsp3) is 0.436. The number of nitrogens with zero attached hydrogens (tertiary/aromatic N) is 7. The van der Waals surface area contributed by atoms with Crippen LogP contribution in [0.2, 0.25) is 0 Å². The van der Waals surface area contributed by atoms with E-state index in [9.17, 15) is 0 Å². The van der Waals surface area contributed by atoms with Crippen LogP contribution in [0.5, 0.6) is 0 Å². The summed E-state index contributed by atoms with van der Waals surface area (Å²) in [6.07, 6.45) is 0. The van der Waals surface area contributed by atoms with Crippen LogP contribution in [0, 0.1) is 0 Å². The molecule has 8 heteroatoms. The van der Waals surface area contributed by atoms with E-state index in [0.29, 0.717) is 0 Å². The van der Waals surface area contributed by atoms with Crippen molar-refractivity contribution in [1.82, 2.24) is 24.5 Å². The molecule has 12 aromatic rings. The Balaban J connectivity index is 1.26. The number of hydrogen-bond donors (Lipinski definition) is 0. The van der Waals surface area contributed by atoms with E-state index in [1.165, 1.54) is 71.6 Å². The van der Waals surface area contributed by atoms with Crippen LogP contribution >= 0.6 is 0 Å². The minimum Gasteiger partial charge on any atom is -0.310 e. The second-order valence-corrected chi connectivity index (χ2v) is 47.3. The van der Waals surface area contributed by atoms with Crippen molar-refractivity contribution in [3.05, 3.63) is 237 Å². The van der Waals surface area contributed by atoms with Gasteiger partial charge in [-0.25, -0.2) is 0 Å². The largest absolute Gasteiger partial charge is 0.310 e. The summed E-state index contributed by atoms with van der Waals surface area (Å²) in [5.74, 6) is 0. The van der Waals surface area contributed by atoms with E-state index in [1.807, 2.05) is 0 Å². The molecule has 118 heavy (non-hydrogen) atoms. The van der Waals surface area contributed by atoms with E-state index in [2.05, 4.69) is 433 Å². The summed E-state index contributed by atoms with van der Waals surface area (Å²) in [5.41, 5.74) is 33.0. The first-order valence-electron chi connectivity index (χ1n) is 43.6. The molecule has 614 valence electrons. The number of benzene rings is 7. The third-order valence-corrected chi connectivity index (χ3v) is 24.9. The van der Waals surface area contributed by atoms with Crippen LogP contribution in [0.1, 0.15) is 317 Å². The molecule has 2 aliphatic heterocycles. The van der Waals surface area contributed by atoms with Gasteiger partial charge in [0, 0.05) is 128 Å². The molecule has 0 radical (unpaired) electrons. The van der Waals surface area contributed by atoms with Crippen molar-refractivity contribution < 1.29 is 0 Å². The minimum absolute atomic E-state index is 0.0812.